The van der Waals surface area contributed by atoms with Gasteiger partial charge in [-0.3, -0.25) is 0 Å². The van der Waals surface area contributed by atoms with Crippen molar-refractivity contribution in [3.8, 4) is 0 Å². The van der Waals surface area contributed by atoms with Gasteiger partial charge >= 0.3 is 0 Å². The highest BCUT2D eigenvalue weighted by Gasteiger charge is 2.27. The molecule has 1 aliphatic rings. The van der Waals surface area contributed by atoms with E-state index < -0.39 is 5.60 Å². The molecule has 1 aliphatic carbocycles. The smallest absolute Gasteiger partial charge is 0.0620 e. The summed E-state index contributed by atoms with van der Waals surface area (Å²) in [5, 5.41) is 13.2. The zero-order chi connectivity index (χ0) is 9.03. The first-order valence-electron chi connectivity index (χ1n) is 4.37. The third-order valence-corrected chi connectivity index (χ3v) is 2.59. The Morgan fingerprint density at radius 1 is 1.58 bits per heavy atom. The second-order valence-corrected chi connectivity index (χ2v) is 3.85. The van der Waals surface area contributed by atoms with Crippen LogP contribution in [0.4, 0.5) is 0 Å². The molecule has 0 spiro atoms. The lowest BCUT2D eigenvalue weighted by Crippen LogP contribution is -2.31. The highest BCUT2D eigenvalue weighted by molar-refractivity contribution is 4.82. The van der Waals surface area contributed by atoms with Gasteiger partial charge in [0.1, 0.15) is 0 Å². The molecule has 0 radical (unpaired) electrons. The number of azide groups is 1. The van der Waals surface area contributed by atoms with E-state index in [4.69, 9.17) is 5.53 Å². The van der Waals surface area contributed by atoms with Crippen LogP contribution in [0, 0.1) is 5.92 Å². The van der Waals surface area contributed by atoms with Gasteiger partial charge in [0.15, 0.2) is 0 Å². The molecule has 4 nitrogen and oxygen atoms in total. The third kappa shape index (κ3) is 2.72. The van der Waals surface area contributed by atoms with Crippen LogP contribution < -0.4 is 0 Å². The SMILES string of the molecule is C[C@]1(O)CC[C@H](CN=[N+]=[N-])CC1. The number of nitrogens with zero attached hydrogens (tertiary/aromatic N) is 3. The maximum Gasteiger partial charge on any atom is 0.0620 e. The van der Waals surface area contributed by atoms with Crippen LogP contribution in [0.25, 0.3) is 10.4 Å². The average Bonchev–Trinajstić information content (AvgIpc) is 2.03. The Morgan fingerprint density at radius 2 is 2.17 bits per heavy atom. The average molecular weight is 169 g/mol. The van der Waals surface area contributed by atoms with Crippen molar-refractivity contribution >= 4 is 0 Å². The second kappa shape index (κ2) is 3.78. The molecule has 1 fully saturated rings. The molecular weight excluding hydrogens is 154 g/mol. The van der Waals surface area contributed by atoms with Crippen molar-refractivity contribution in [1.82, 2.24) is 0 Å². The molecular formula is C8H15N3O. The maximum absolute atomic E-state index is 9.61. The summed E-state index contributed by atoms with van der Waals surface area (Å²) in [7, 11) is 0. The van der Waals surface area contributed by atoms with Gasteiger partial charge in [-0.25, -0.2) is 0 Å². The summed E-state index contributed by atoms with van der Waals surface area (Å²) >= 11 is 0. The van der Waals surface area contributed by atoms with E-state index >= 15 is 0 Å². The Labute approximate surface area is 72.2 Å². The van der Waals surface area contributed by atoms with Crippen molar-refractivity contribution in [2.75, 3.05) is 6.54 Å². The summed E-state index contributed by atoms with van der Waals surface area (Å²) in [5.74, 6) is 0.487. The number of aliphatic hydroxyl groups is 1. The van der Waals surface area contributed by atoms with Crippen LogP contribution in [0.1, 0.15) is 32.6 Å². The van der Waals surface area contributed by atoms with Crippen LogP contribution in [0.15, 0.2) is 5.11 Å². The lowest BCUT2D eigenvalue weighted by molar-refractivity contribution is 0.00928. The van der Waals surface area contributed by atoms with Gasteiger partial charge in [0.2, 0.25) is 0 Å². The summed E-state index contributed by atoms with van der Waals surface area (Å²) in [6, 6.07) is 0. The van der Waals surface area contributed by atoms with Gasteiger partial charge in [0.25, 0.3) is 0 Å². The molecule has 1 N–H and O–H groups in total. The van der Waals surface area contributed by atoms with Crippen LogP contribution in [-0.2, 0) is 0 Å². The van der Waals surface area contributed by atoms with Crippen LogP contribution in [0.5, 0.6) is 0 Å². The Bertz CT molecular complexity index is 186. The molecule has 4 heteroatoms. The Balaban J connectivity index is 2.31. The van der Waals surface area contributed by atoms with Crippen LogP contribution in [0.2, 0.25) is 0 Å². The molecule has 0 bridgehead atoms. The fourth-order valence-corrected chi connectivity index (χ4v) is 1.63. The van der Waals surface area contributed by atoms with Gasteiger partial charge in [-0.1, -0.05) is 5.11 Å². The number of hydrogen-bond donors (Lipinski definition) is 1. The van der Waals surface area contributed by atoms with Crippen LogP contribution >= 0.6 is 0 Å². The molecule has 1 saturated carbocycles. The van der Waals surface area contributed by atoms with Gasteiger partial charge in [0, 0.05) is 11.5 Å². The lowest BCUT2D eigenvalue weighted by atomic mass is 9.80. The molecule has 0 atom stereocenters. The van der Waals surface area contributed by atoms with Gasteiger partial charge in [0.05, 0.1) is 5.60 Å². The highest BCUT2D eigenvalue weighted by atomic mass is 16.3. The van der Waals surface area contributed by atoms with Gasteiger partial charge in [-0.15, -0.1) is 0 Å². The second-order valence-electron chi connectivity index (χ2n) is 3.85. The molecule has 68 valence electrons. The van der Waals surface area contributed by atoms with Gasteiger partial charge in [-0.05, 0) is 44.1 Å². The normalized spacial score (nSPS) is 35.7. The molecule has 0 heterocycles. The van der Waals surface area contributed by atoms with E-state index in [1.165, 1.54) is 0 Å². The van der Waals surface area contributed by atoms with Crippen molar-refractivity contribution in [3.63, 3.8) is 0 Å². The molecule has 0 unspecified atom stereocenters. The standard InChI is InChI=1S/C8H15N3O/c1-8(12)4-2-7(3-5-8)6-10-11-9/h7,12H,2-6H2,1H3/t7-,8-. The van der Waals surface area contributed by atoms with Crippen molar-refractivity contribution in [2.24, 2.45) is 11.0 Å². The van der Waals surface area contributed by atoms with E-state index in [-0.39, 0.29) is 0 Å². The quantitative estimate of drug-likeness (QED) is 0.384. The van der Waals surface area contributed by atoms with Crippen molar-refractivity contribution < 1.29 is 5.11 Å². The van der Waals surface area contributed by atoms with Crippen LogP contribution in [-0.4, -0.2) is 17.3 Å². The van der Waals surface area contributed by atoms with Crippen molar-refractivity contribution in [1.29, 1.82) is 0 Å². The number of hydrogen-bond acceptors (Lipinski definition) is 2. The summed E-state index contributed by atoms with van der Waals surface area (Å²) < 4.78 is 0. The van der Waals surface area contributed by atoms with Crippen LogP contribution in [0.3, 0.4) is 0 Å². The molecule has 0 saturated heterocycles. The van der Waals surface area contributed by atoms with Crippen molar-refractivity contribution in [3.05, 3.63) is 10.4 Å². The first-order valence-corrected chi connectivity index (χ1v) is 4.37. The Hall–Kier alpha value is -0.730. The van der Waals surface area contributed by atoms with E-state index in [0.29, 0.717) is 12.5 Å². The molecule has 0 aliphatic heterocycles. The first kappa shape index (κ1) is 9.36. The highest BCUT2D eigenvalue weighted by Crippen LogP contribution is 2.31. The Morgan fingerprint density at radius 3 is 2.67 bits per heavy atom. The molecule has 0 aromatic carbocycles. The largest absolute Gasteiger partial charge is 0.390 e. The third-order valence-electron chi connectivity index (χ3n) is 2.59. The minimum absolute atomic E-state index is 0.479. The predicted molar refractivity (Wildman–Crippen MR) is 46.6 cm³/mol. The van der Waals surface area contributed by atoms with E-state index in [9.17, 15) is 5.11 Å². The molecule has 0 amide bonds. The first-order chi connectivity index (χ1) is 5.64. The topological polar surface area (TPSA) is 69.0 Å². The van der Waals surface area contributed by atoms with E-state index in [1.54, 1.807) is 0 Å². The number of rotatable bonds is 2. The zero-order valence-corrected chi connectivity index (χ0v) is 7.40. The summed E-state index contributed by atoms with van der Waals surface area (Å²) in [5.41, 5.74) is 7.63. The van der Waals surface area contributed by atoms with Gasteiger partial charge < -0.3 is 5.11 Å². The summed E-state index contributed by atoms with van der Waals surface area (Å²) in [4.78, 5) is 2.73. The minimum atomic E-state index is -0.479. The summed E-state index contributed by atoms with van der Waals surface area (Å²) in [6.07, 6.45) is 3.62. The van der Waals surface area contributed by atoms with E-state index in [0.717, 1.165) is 25.7 Å². The minimum Gasteiger partial charge on any atom is -0.390 e. The lowest BCUT2D eigenvalue weighted by Gasteiger charge is -2.32. The fourth-order valence-electron chi connectivity index (χ4n) is 1.63. The Kier molecular flexibility index (Phi) is 2.95. The fraction of sp³-hybridized carbons (Fsp3) is 1.00. The molecule has 0 aromatic rings. The van der Waals surface area contributed by atoms with Crippen molar-refractivity contribution in [2.45, 2.75) is 38.2 Å². The predicted octanol–water partition coefficient (Wildman–Crippen LogP) is 2.24. The molecule has 0 aromatic heterocycles. The molecule has 12 heavy (non-hydrogen) atoms. The monoisotopic (exact) mass is 169 g/mol. The molecule has 1 rings (SSSR count). The van der Waals surface area contributed by atoms with E-state index in [2.05, 4.69) is 10.0 Å². The van der Waals surface area contributed by atoms with E-state index in [1.807, 2.05) is 6.92 Å². The van der Waals surface area contributed by atoms with Gasteiger partial charge in [-0.2, -0.15) is 0 Å². The zero-order valence-electron chi connectivity index (χ0n) is 7.40. The maximum atomic E-state index is 9.61. The summed E-state index contributed by atoms with van der Waals surface area (Å²) in [6.45, 7) is 2.46.